The van der Waals surface area contributed by atoms with Gasteiger partial charge in [-0.3, -0.25) is 4.57 Å². The minimum atomic E-state index is -2.98. The first kappa shape index (κ1) is 35.0. The normalized spacial score (nSPS) is 11.9. The van der Waals surface area contributed by atoms with Crippen LogP contribution in [0.5, 0.6) is 0 Å². The standard InChI is InChI=1S/C55H37N5Si/c1-6-20-38(21-7-1)53-56-54(39-22-8-2-9-23-39)58-55(57-53)59-47-32-18-16-30-45(47)51-43-35-37-50-52(44(43)34-36-49(51)59)46-31-17-19-33-48(46)60(50)61(40-24-10-3-11-25-40,41-26-12-4-13-27-41)42-28-14-5-15-29-42/h1-37H. The number of para-hydroxylation sites is 2. The van der Waals surface area contributed by atoms with Gasteiger partial charge in [0.05, 0.1) is 11.0 Å². The van der Waals surface area contributed by atoms with E-state index in [1.54, 1.807) is 0 Å². The number of hydrogen-bond donors (Lipinski definition) is 0. The summed E-state index contributed by atoms with van der Waals surface area (Å²) in [5, 5.41) is 11.2. The molecule has 0 atom stereocenters. The topological polar surface area (TPSA) is 48.5 Å². The van der Waals surface area contributed by atoms with Crippen molar-refractivity contribution in [2.24, 2.45) is 0 Å². The lowest BCUT2D eigenvalue weighted by molar-refractivity contribution is 0.953. The van der Waals surface area contributed by atoms with Crippen LogP contribution in [0.2, 0.25) is 0 Å². The molecule has 12 aromatic rings. The number of aromatic nitrogens is 5. The Balaban J connectivity index is 1.19. The van der Waals surface area contributed by atoms with Crippen molar-refractivity contribution in [3.63, 3.8) is 0 Å². The number of nitrogens with zero attached hydrogens (tertiary/aromatic N) is 5. The molecule has 0 radical (unpaired) electrons. The fourth-order valence-corrected chi connectivity index (χ4v) is 14.6. The van der Waals surface area contributed by atoms with Crippen LogP contribution in [0.3, 0.4) is 0 Å². The van der Waals surface area contributed by atoms with E-state index in [0.29, 0.717) is 17.6 Å². The Morgan fingerprint density at radius 3 is 1.20 bits per heavy atom. The number of rotatable bonds is 7. The fourth-order valence-electron chi connectivity index (χ4n) is 9.74. The Labute approximate surface area is 353 Å². The second-order valence-electron chi connectivity index (χ2n) is 15.5. The molecule has 9 aromatic carbocycles. The van der Waals surface area contributed by atoms with Crippen molar-refractivity contribution < 1.29 is 0 Å². The van der Waals surface area contributed by atoms with Gasteiger partial charge in [-0.05, 0) is 50.6 Å². The Morgan fingerprint density at radius 2 is 0.689 bits per heavy atom. The van der Waals surface area contributed by atoms with Crippen LogP contribution in [0, 0.1) is 0 Å². The summed E-state index contributed by atoms with van der Waals surface area (Å²) in [6, 6.07) is 80.8. The molecule has 0 spiro atoms. The maximum atomic E-state index is 5.20. The molecule has 0 aliphatic heterocycles. The van der Waals surface area contributed by atoms with Crippen LogP contribution < -0.4 is 15.6 Å². The summed E-state index contributed by atoms with van der Waals surface area (Å²) in [7, 11) is -2.98. The Morgan fingerprint density at radius 1 is 0.295 bits per heavy atom. The third-order valence-corrected chi connectivity index (χ3v) is 16.9. The molecule has 0 N–H and O–H groups in total. The van der Waals surface area contributed by atoms with Crippen molar-refractivity contribution in [1.82, 2.24) is 23.8 Å². The third kappa shape index (κ3) is 5.36. The second-order valence-corrected chi connectivity index (χ2v) is 19.1. The van der Waals surface area contributed by atoms with E-state index < -0.39 is 8.24 Å². The average Bonchev–Trinajstić information content (AvgIpc) is 3.87. The van der Waals surface area contributed by atoms with Gasteiger partial charge in [-0.15, -0.1) is 0 Å². The molecule has 3 heterocycles. The predicted octanol–water partition coefficient (Wildman–Crippen LogP) is 11.1. The SMILES string of the molecule is c1ccc(-c2nc(-c3ccccc3)nc(-n3c4ccccc4c4c5ccc6c(c5ccc43)c3ccccc3n6[Si](c3ccccc3)(c3ccccc3)c3ccccc3)n2)cc1. The quantitative estimate of drug-likeness (QED) is 0.119. The molecular formula is C55H37N5Si. The summed E-state index contributed by atoms with van der Waals surface area (Å²) in [4.78, 5) is 15.4. The maximum Gasteiger partial charge on any atom is 0.257 e. The Bertz CT molecular complexity index is 3410. The summed E-state index contributed by atoms with van der Waals surface area (Å²) in [6.45, 7) is 0. The van der Waals surface area contributed by atoms with Gasteiger partial charge in [-0.2, -0.15) is 9.97 Å². The number of benzene rings is 9. The molecule has 0 bridgehead atoms. The highest BCUT2D eigenvalue weighted by atomic mass is 28.3. The monoisotopic (exact) mass is 795 g/mol. The van der Waals surface area contributed by atoms with E-state index in [0.717, 1.165) is 27.5 Å². The second kappa shape index (κ2) is 14.1. The van der Waals surface area contributed by atoms with Crippen molar-refractivity contribution in [3.8, 4) is 28.7 Å². The van der Waals surface area contributed by atoms with Crippen molar-refractivity contribution in [2.45, 2.75) is 0 Å². The van der Waals surface area contributed by atoms with Gasteiger partial charge < -0.3 is 4.23 Å². The zero-order chi connectivity index (χ0) is 40.3. The van der Waals surface area contributed by atoms with Crippen LogP contribution in [0.4, 0.5) is 0 Å². The van der Waals surface area contributed by atoms with Gasteiger partial charge in [-0.1, -0.05) is 200 Å². The minimum absolute atomic E-state index is 0.584. The first-order valence-electron chi connectivity index (χ1n) is 20.7. The highest BCUT2D eigenvalue weighted by Crippen LogP contribution is 2.42. The third-order valence-electron chi connectivity index (χ3n) is 12.3. The average molecular weight is 796 g/mol. The minimum Gasteiger partial charge on any atom is -0.355 e. The van der Waals surface area contributed by atoms with Crippen molar-refractivity contribution in [2.75, 3.05) is 0 Å². The van der Waals surface area contributed by atoms with E-state index in [1.165, 1.54) is 53.5 Å². The first-order valence-corrected chi connectivity index (χ1v) is 22.7. The van der Waals surface area contributed by atoms with E-state index in [1.807, 2.05) is 36.4 Å². The van der Waals surface area contributed by atoms with Crippen molar-refractivity contribution >= 4 is 78.2 Å². The zero-order valence-corrected chi connectivity index (χ0v) is 34.1. The molecular weight excluding hydrogens is 759 g/mol. The molecule has 0 unspecified atom stereocenters. The smallest absolute Gasteiger partial charge is 0.257 e. The number of fused-ring (bicyclic) bond motifs is 9. The molecule has 0 aliphatic carbocycles. The molecule has 0 amide bonds. The summed E-state index contributed by atoms with van der Waals surface area (Å²) < 4.78 is 4.95. The summed E-state index contributed by atoms with van der Waals surface area (Å²) in [5.74, 6) is 1.85. The largest absolute Gasteiger partial charge is 0.355 e. The van der Waals surface area contributed by atoms with Gasteiger partial charge >= 0.3 is 0 Å². The molecule has 0 aliphatic rings. The Hall–Kier alpha value is -7.93. The highest BCUT2D eigenvalue weighted by Gasteiger charge is 2.44. The maximum absolute atomic E-state index is 5.20. The summed E-state index contributed by atoms with van der Waals surface area (Å²) in [5.41, 5.74) is 6.41. The summed E-state index contributed by atoms with van der Waals surface area (Å²) >= 11 is 0. The van der Waals surface area contributed by atoms with E-state index in [9.17, 15) is 0 Å². The molecule has 5 nitrogen and oxygen atoms in total. The fraction of sp³-hybridized carbons (Fsp3) is 0. The first-order chi connectivity index (χ1) is 30.3. The van der Waals surface area contributed by atoms with Gasteiger partial charge in [0.1, 0.15) is 0 Å². The highest BCUT2D eigenvalue weighted by molar-refractivity contribution is 7.11. The molecule has 6 heteroatoms. The van der Waals surface area contributed by atoms with Gasteiger partial charge in [-0.25, -0.2) is 4.98 Å². The molecule has 0 saturated heterocycles. The van der Waals surface area contributed by atoms with Crippen LogP contribution >= 0.6 is 0 Å². The van der Waals surface area contributed by atoms with Crippen molar-refractivity contribution in [3.05, 3.63) is 224 Å². The molecule has 286 valence electrons. The van der Waals surface area contributed by atoms with E-state index in [4.69, 9.17) is 15.0 Å². The van der Waals surface area contributed by atoms with Gasteiger partial charge in [0.2, 0.25) is 5.95 Å². The van der Waals surface area contributed by atoms with Gasteiger partial charge in [0, 0.05) is 43.7 Å². The lowest BCUT2D eigenvalue weighted by Gasteiger charge is -2.36. The number of hydrogen-bond acceptors (Lipinski definition) is 3. The summed E-state index contributed by atoms with van der Waals surface area (Å²) in [6.07, 6.45) is 0. The Kier molecular flexibility index (Phi) is 8.11. The van der Waals surface area contributed by atoms with E-state index in [-0.39, 0.29) is 0 Å². The van der Waals surface area contributed by atoms with E-state index >= 15 is 0 Å². The van der Waals surface area contributed by atoms with Crippen LogP contribution in [-0.4, -0.2) is 32.0 Å². The van der Waals surface area contributed by atoms with Crippen LogP contribution in [-0.2, 0) is 0 Å². The van der Waals surface area contributed by atoms with Crippen LogP contribution in [0.15, 0.2) is 224 Å². The van der Waals surface area contributed by atoms with Crippen LogP contribution in [0.1, 0.15) is 0 Å². The van der Waals surface area contributed by atoms with Gasteiger partial charge in [0.25, 0.3) is 8.24 Å². The molecule has 0 saturated carbocycles. The molecule has 12 rings (SSSR count). The lowest BCUT2D eigenvalue weighted by Crippen LogP contribution is -2.72. The predicted molar refractivity (Wildman–Crippen MR) is 255 cm³/mol. The molecule has 61 heavy (non-hydrogen) atoms. The molecule has 0 fully saturated rings. The zero-order valence-electron chi connectivity index (χ0n) is 33.1. The van der Waals surface area contributed by atoms with E-state index in [2.05, 4.69) is 197 Å². The van der Waals surface area contributed by atoms with Crippen LogP contribution in [0.25, 0.3) is 83.1 Å². The van der Waals surface area contributed by atoms with Crippen molar-refractivity contribution in [1.29, 1.82) is 0 Å². The molecule has 3 aromatic heterocycles. The van der Waals surface area contributed by atoms with Gasteiger partial charge in [0.15, 0.2) is 11.6 Å². The lowest BCUT2D eigenvalue weighted by atomic mass is 9.99.